The van der Waals surface area contributed by atoms with E-state index in [0.29, 0.717) is 52.7 Å². The minimum atomic E-state index is -1.83. The van der Waals surface area contributed by atoms with Crippen LogP contribution in [0.1, 0.15) is 140 Å². The second kappa shape index (κ2) is 47.5. The summed E-state index contributed by atoms with van der Waals surface area (Å²) in [6, 6.07) is 16.7. The Morgan fingerprint density at radius 3 is 1.96 bits per heavy atom. The summed E-state index contributed by atoms with van der Waals surface area (Å²) in [7, 11) is 1.72. The highest BCUT2D eigenvalue weighted by Crippen LogP contribution is 2.31. The maximum Gasteiger partial charge on any atom is 0.245 e. The molecule has 120 heavy (non-hydrogen) atoms. The molecule has 0 bridgehead atoms. The van der Waals surface area contributed by atoms with Crippen molar-refractivity contribution in [2.45, 2.75) is 190 Å². The molecule has 2 saturated heterocycles. The van der Waals surface area contributed by atoms with Crippen LogP contribution in [-0.2, 0) is 106 Å². The number of ether oxygens (including phenoxy) is 2. The van der Waals surface area contributed by atoms with Gasteiger partial charge >= 0.3 is 0 Å². The zero-order chi connectivity index (χ0) is 87.8. The lowest BCUT2D eigenvalue weighted by Gasteiger charge is -2.38. The number of hydrogen-bond donors (Lipinski definition) is 16. The number of aromatic amines is 1. The zero-order valence-corrected chi connectivity index (χ0v) is 68.7. The molecule has 0 spiro atoms. The summed E-state index contributed by atoms with van der Waals surface area (Å²) in [5.74, 6) is -21.6. The first-order valence-corrected chi connectivity index (χ1v) is 41.4. The maximum absolute atomic E-state index is 15.9. The van der Waals surface area contributed by atoms with Crippen LogP contribution >= 0.6 is 11.8 Å². The van der Waals surface area contributed by atoms with E-state index in [1.165, 1.54) is 6.92 Å². The number of unbranched alkanes of at least 4 members (excludes halogenated alkanes) is 1. The predicted molar refractivity (Wildman–Crippen MR) is 443 cm³/mol. The maximum atomic E-state index is 15.9. The number of aliphatic hydroxyl groups is 1. The van der Waals surface area contributed by atoms with Crippen molar-refractivity contribution in [1.29, 1.82) is 0 Å². The van der Waals surface area contributed by atoms with Crippen LogP contribution in [0.2, 0.25) is 0 Å². The van der Waals surface area contributed by atoms with E-state index in [4.69, 9.17) is 43.9 Å². The summed E-state index contributed by atoms with van der Waals surface area (Å²) in [5.41, 5.74) is 33.8. The number of hydrogen-bond acceptors (Lipinski definition) is 23. The Morgan fingerprint density at radius 2 is 1.30 bits per heavy atom. The number of benzene rings is 4. The fourth-order valence-electron chi connectivity index (χ4n) is 14.7. The number of nitrogens with one attached hydrogen (secondary N) is 9. The SMILES string of the molecule is CNCCCCC(CC(=O)C1(NC(=O)C(CC(=O)C(Cc2ccc(OCCN)cc2)NC(=O)C2CSCCC(NC(C)=O)C(=O)CC(CCC(N)=O)C(=O)NC(C(C)O)C(=O)NC(Cc3c[nH]c4ccccc34)C(=O)NC(CCC(N)=O)C(=O)C2)Cc2ccc3ccccc3c2)CCOCC1)C(=O)NC(CC(N)=O)C(=O)CC(CC(N)=O)C(N)=O. The van der Waals surface area contributed by atoms with Gasteiger partial charge in [0.15, 0.2) is 28.9 Å². The molecule has 0 saturated carbocycles. The van der Waals surface area contributed by atoms with E-state index in [2.05, 4.69) is 47.5 Å². The Kier molecular flexibility index (Phi) is 37.9. The van der Waals surface area contributed by atoms with Crippen molar-refractivity contribution in [3.63, 3.8) is 0 Å². The van der Waals surface area contributed by atoms with Crippen LogP contribution < -0.4 is 81.7 Å². The summed E-state index contributed by atoms with van der Waals surface area (Å²) < 4.78 is 11.5. The number of carbonyl (C=O) groups is 17. The standard InChI is InChI=1S/C84H113N15O20S/c1-47(100)76-83(117)97-66(37-57-45-92-61-14-7-6-13-60(57)61)82(116)94-62(22-24-73(87)108)68(103)41-58(46-120-33-25-63(93-48(2)101)67(102)38-54(79(113)98-76)19-23-72(86)107)80(114)95-64(36-49-16-20-59(21-17-49)119-32-28-85)70(105)40-56(35-50-15-18-51-10-4-5-11-52(51)34-50)81(115)99-84(26-30-118-31-27-84)71(106)42-53(12-8-9-29-91-3)78(112)96-65(44-75(89)110)69(104)39-55(77(90)111)43-74(88)109/h4-7,10-11,13-18,20-21,34,45,47,53-56,58,62-66,76,91-92,100H,8-9,12,19,22-33,35-44,46,85H2,1-3H3,(H2,86,107)(H2,87,108)(H2,88,109)(H2,89,110)(H2,90,111)(H,93,101)(H,94,116)(H,95,114)(H,96,112)(H,97,117)(H,98,113)(H,99,115). The van der Waals surface area contributed by atoms with Crippen molar-refractivity contribution in [3.05, 3.63) is 114 Å². The summed E-state index contributed by atoms with van der Waals surface area (Å²) in [6.45, 7) is 3.03. The number of rotatable bonds is 42. The van der Waals surface area contributed by atoms with Gasteiger partial charge in [0.25, 0.3) is 0 Å². The Balaban J connectivity index is 1.30. The molecular weight excluding hydrogens is 1570 g/mol. The smallest absolute Gasteiger partial charge is 0.245 e. The highest BCUT2D eigenvalue weighted by molar-refractivity contribution is 7.99. The average Bonchev–Trinajstić information content (AvgIpc) is 0.983. The lowest BCUT2D eigenvalue weighted by Crippen LogP contribution is -2.59. The molecule has 0 radical (unpaired) electrons. The molecule has 2 aliphatic heterocycles. The van der Waals surface area contributed by atoms with Gasteiger partial charge in [-0.05, 0) is 117 Å². The molecule has 3 heterocycles. The van der Waals surface area contributed by atoms with E-state index in [-0.39, 0.29) is 89.2 Å². The molecule has 12 atom stereocenters. The molecular formula is C84H113N15O20S. The van der Waals surface area contributed by atoms with Crippen molar-refractivity contribution in [2.75, 3.05) is 51.5 Å². The molecule has 2 aliphatic rings. The van der Waals surface area contributed by atoms with Crippen LogP contribution in [0, 0.1) is 29.6 Å². The molecule has 12 unspecified atom stereocenters. The van der Waals surface area contributed by atoms with Crippen LogP contribution in [-0.4, -0.2) is 209 Å². The minimum absolute atomic E-state index is 0.0408. The highest BCUT2D eigenvalue weighted by atomic mass is 32.2. The fraction of sp³-hybridized carbons (Fsp3) is 0.512. The number of aromatic nitrogens is 1. The second-order valence-electron chi connectivity index (χ2n) is 30.9. The minimum Gasteiger partial charge on any atom is -0.492 e. The summed E-state index contributed by atoms with van der Waals surface area (Å²) in [5, 5.41) is 35.3. The van der Waals surface area contributed by atoms with Gasteiger partial charge in [-0.3, -0.25) is 81.5 Å². The van der Waals surface area contributed by atoms with E-state index in [9.17, 15) is 57.8 Å². The van der Waals surface area contributed by atoms with Gasteiger partial charge in [0.1, 0.15) is 30.0 Å². The van der Waals surface area contributed by atoms with Gasteiger partial charge in [0, 0.05) is 138 Å². The van der Waals surface area contributed by atoms with Crippen molar-refractivity contribution in [3.8, 4) is 5.75 Å². The Bertz CT molecular complexity index is 4490. The number of Topliss-reactive ketones (excluding diaryl/α,β-unsaturated/α-hetero) is 5. The molecule has 1 aromatic heterocycles. The van der Waals surface area contributed by atoms with E-state index in [1.54, 1.807) is 67.8 Å². The van der Waals surface area contributed by atoms with Crippen LogP contribution in [0.25, 0.3) is 21.7 Å². The molecule has 5 aromatic rings. The fourth-order valence-corrected chi connectivity index (χ4v) is 15.9. The number of H-pyrrole nitrogens is 1. The summed E-state index contributed by atoms with van der Waals surface area (Å²) in [4.78, 5) is 243. The third-order valence-electron chi connectivity index (χ3n) is 21.4. The predicted octanol–water partition coefficient (Wildman–Crippen LogP) is -0.168. The molecule has 35 nitrogen and oxygen atoms in total. The first-order valence-electron chi connectivity index (χ1n) is 40.3. The van der Waals surface area contributed by atoms with E-state index >= 15 is 28.8 Å². The summed E-state index contributed by atoms with van der Waals surface area (Å²) in [6.07, 6.45) is -6.57. The van der Waals surface area contributed by atoms with Gasteiger partial charge in [-0.2, -0.15) is 11.8 Å². The van der Waals surface area contributed by atoms with Crippen molar-refractivity contribution in [2.24, 2.45) is 64.0 Å². The Hall–Kier alpha value is -11.3. The highest BCUT2D eigenvalue weighted by Gasteiger charge is 2.46. The largest absolute Gasteiger partial charge is 0.492 e. The van der Waals surface area contributed by atoms with Gasteiger partial charge in [0.05, 0.1) is 48.5 Å². The number of primary amides is 5. The lowest BCUT2D eigenvalue weighted by atomic mass is 9.79. The van der Waals surface area contributed by atoms with Crippen LogP contribution in [0.4, 0.5) is 0 Å². The molecule has 7 rings (SSSR count). The first-order chi connectivity index (χ1) is 57.2. The van der Waals surface area contributed by atoms with E-state index < -0.39 is 241 Å². The average molecular weight is 1680 g/mol. The monoisotopic (exact) mass is 1680 g/mol. The van der Waals surface area contributed by atoms with Crippen LogP contribution in [0.3, 0.4) is 0 Å². The Labute approximate surface area is 698 Å². The number of amides is 12. The van der Waals surface area contributed by atoms with Crippen molar-refractivity contribution < 1.29 is 96.1 Å². The van der Waals surface area contributed by atoms with Gasteiger partial charge in [-0.1, -0.05) is 79.2 Å². The van der Waals surface area contributed by atoms with Gasteiger partial charge in [0.2, 0.25) is 70.9 Å². The zero-order valence-electron chi connectivity index (χ0n) is 67.8. The number of para-hydroxylation sites is 1. The van der Waals surface area contributed by atoms with Crippen LogP contribution in [0.15, 0.2) is 97.2 Å². The first kappa shape index (κ1) is 95.8. The topological polar surface area (TPSA) is 597 Å². The molecule has 12 amide bonds. The normalized spacial score (nSPS) is 19.9. The van der Waals surface area contributed by atoms with Crippen LogP contribution in [0.5, 0.6) is 5.75 Å². The molecule has 2 fully saturated rings. The lowest BCUT2D eigenvalue weighted by molar-refractivity contribution is -0.141. The quantitative estimate of drug-likeness (QED) is 0.0226. The summed E-state index contributed by atoms with van der Waals surface area (Å²) >= 11 is 1.04. The number of fused-ring (bicyclic) bond motifs is 2. The third-order valence-corrected chi connectivity index (χ3v) is 22.6. The molecule has 4 aromatic carbocycles. The molecule has 22 N–H and O–H groups in total. The Morgan fingerprint density at radius 1 is 0.650 bits per heavy atom. The van der Waals surface area contributed by atoms with Gasteiger partial charge in [-0.15, -0.1) is 0 Å². The number of nitrogens with two attached hydrogens (primary N) is 6. The van der Waals surface area contributed by atoms with Crippen molar-refractivity contribution in [1.82, 2.24) is 47.5 Å². The third kappa shape index (κ3) is 30.2. The number of aliphatic hydroxyl groups excluding tert-OH is 1. The van der Waals surface area contributed by atoms with E-state index in [1.807, 2.05) is 36.4 Å². The molecule has 650 valence electrons. The van der Waals surface area contributed by atoms with Crippen molar-refractivity contribution >= 4 is 133 Å². The van der Waals surface area contributed by atoms with E-state index in [0.717, 1.165) is 29.5 Å². The second-order valence-corrected chi connectivity index (χ2v) is 32.0. The molecule has 0 aliphatic carbocycles. The number of thioether (sulfide) groups is 1. The number of carbonyl (C=O) groups excluding carboxylic acids is 17. The molecule has 36 heteroatoms. The van der Waals surface area contributed by atoms with Gasteiger partial charge in [-0.25, -0.2) is 0 Å². The number of ketones is 5. The van der Waals surface area contributed by atoms with Gasteiger partial charge < -0.3 is 96.5 Å².